The van der Waals surface area contributed by atoms with Crippen molar-refractivity contribution >= 4 is 11.7 Å². The number of rotatable bonds is 5. The Balaban J connectivity index is 3.06. The van der Waals surface area contributed by atoms with Crippen LogP contribution in [0.15, 0.2) is 18.2 Å². The average Bonchev–Trinajstić information content (AvgIpc) is 2.25. The summed E-state index contributed by atoms with van der Waals surface area (Å²) < 4.78 is 25.1. The van der Waals surface area contributed by atoms with Gasteiger partial charge in [-0.2, -0.15) is 0 Å². The van der Waals surface area contributed by atoms with Gasteiger partial charge in [-0.25, -0.2) is 8.78 Å². The number of carbonyl (C=O) groups is 1. The number of aryl methyl sites for hydroxylation is 1. The number of non-ortho nitro benzene ring substituents is 1. The van der Waals surface area contributed by atoms with Crippen LogP contribution in [0.3, 0.4) is 0 Å². The molecule has 5 nitrogen and oxygen atoms in total. The molecule has 0 radical (unpaired) electrons. The number of alkyl halides is 2. The molecule has 1 N–H and O–H groups in total. The Kier molecular flexibility index (Phi) is 4.08. The molecule has 0 unspecified atom stereocenters. The largest absolute Gasteiger partial charge is 0.481 e. The summed E-state index contributed by atoms with van der Waals surface area (Å²) in [5, 5.41) is 18.9. The first-order chi connectivity index (χ1) is 7.91. The number of carboxylic acids is 1. The monoisotopic (exact) mass is 245 g/mol. The lowest BCUT2D eigenvalue weighted by Crippen LogP contribution is -2.02. The molecule has 0 aliphatic rings. The fourth-order valence-corrected chi connectivity index (χ4v) is 1.38. The normalized spacial score (nSPS) is 10.5. The second-order valence-electron chi connectivity index (χ2n) is 3.33. The molecular weight excluding hydrogens is 236 g/mol. The van der Waals surface area contributed by atoms with Crippen molar-refractivity contribution in [3.05, 3.63) is 39.4 Å². The number of aliphatic carboxylic acids is 1. The highest BCUT2D eigenvalue weighted by atomic mass is 19.3. The first kappa shape index (κ1) is 13.0. The van der Waals surface area contributed by atoms with Gasteiger partial charge in [-0.15, -0.1) is 0 Å². The first-order valence-electron chi connectivity index (χ1n) is 4.69. The van der Waals surface area contributed by atoms with Gasteiger partial charge in [0.2, 0.25) is 0 Å². The SMILES string of the molecule is O=C(O)CCc1cc([N+](=O)[O-])ccc1C(F)F. The fraction of sp³-hybridized carbons (Fsp3) is 0.300. The van der Waals surface area contributed by atoms with Gasteiger partial charge in [-0.3, -0.25) is 14.9 Å². The maximum absolute atomic E-state index is 12.6. The minimum atomic E-state index is -2.78. The Morgan fingerprint density at radius 2 is 2.12 bits per heavy atom. The zero-order valence-electron chi connectivity index (χ0n) is 8.60. The second kappa shape index (κ2) is 5.33. The van der Waals surface area contributed by atoms with Crippen LogP contribution >= 0.6 is 0 Å². The number of carboxylic acid groups (broad SMARTS) is 1. The molecule has 7 heteroatoms. The zero-order valence-corrected chi connectivity index (χ0v) is 8.60. The van der Waals surface area contributed by atoms with Gasteiger partial charge in [0.15, 0.2) is 0 Å². The Morgan fingerprint density at radius 1 is 1.47 bits per heavy atom. The van der Waals surface area contributed by atoms with Crippen LogP contribution in [0.5, 0.6) is 0 Å². The molecule has 0 fully saturated rings. The standard InChI is InChI=1S/C10H9F2NO4/c11-10(12)8-3-2-7(13(16)17)5-6(8)1-4-9(14)15/h2-3,5,10H,1,4H2,(H,14,15). The summed E-state index contributed by atoms with van der Waals surface area (Å²) in [5.74, 6) is -1.14. The van der Waals surface area contributed by atoms with Crippen molar-refractivity contribution in [1.29, 1.82) is 0 Å². The molecule has 0 aliphatic carbocycles. The topological polar surface area (TPSA) is 80.4 Å². The maximum Gasteiger partial charge on any atom is 0.303 e. The van der Waals surface area contributed by atoms with Crippen LogP contribution < -0.4 is 0 Å². The summed E-state index contributed by atoms with van der Waals surface area (Å²) >= 11 is 0. The molecule has 1 rings (SSSR count). The summed E-state index contributed by atoms with van der Waals surface area (Å²) in [5.41, 5.74) is -0.691. The van der Waals surface area contributed by atoms with Crippen molar-refractivity contribution < 1.29 is 23.6 Å². The second-order valence-corrected chi connectivity index (χ2v) is 3.33. The van der Waals surface area contributed by atoms with Crippen LogP contribution in [0.4, 0.5) is 14.5 Å². The molecule has 0 aromatic heterocycles. The Labute approximate surface area is 94.8 Å². The minimum Gasteiger partial charge on any atom is -0.481 e. The molecule has 1 aromatic rings. The number of hydrogen-bond donors (Lipinski definition) is 1. The van der Waals surface area contributed by atoms with E-state index in [1.54, 1.807) is 0 Å². The van der Waals surface area contributed by atoms with E-state index in [0.29, 0.717) is 0 Å². The number of nitro groups is 1. The number of benzene rings is 1. The third-order valence-electron chi connectivity index (χ3n) is 2.18. The molecule has 0 saturated heterocycles. The van der Waals surface area contributed by atoms with E-state index in [0.717, 1.165) is 18.2 Å². The Morgan fingerprint density at radius 3 is 2.59 bits per heavy atom. The van der Waals surface area contributed by atoms with Gasteiger partial charge in [-0.05, 0) is 18.1 Å². The fourth-order valence-electron chi connectivity index (χ4n) is 1.38. The quantitative estimate of drug-likeness (QED) is 0.638. The molecule has 0 amide bonds. The van der Waals surface area contributed by atoms with Crippen molar-refractivity contribution in [2.75, 3.05) is 0 Å². The Bertz CT molecular complexity index is 448. The summed E-state index contributed by atoms with van der Waals surface area (Å²) in [4.78, 5) is 20.1. The number of hydrogen-bond acceptors (Lipinski definition) is 3. The smallest absolute Gasteiger partial charge is 0.303 e. The molecule has 1 aromatic carbocycles. The molecule has 0 bridgehead atoms. The molecule has 0 heterocycles. The molecule has 17 heavy (non-hydrogen) atoms. The summed E-state index contributed by atoms with van der Waals surface area (Å²) in [6, 6.07) is 2.93. The number of nitrogens with zero attached hydrogens (tertiary/aromatic N) is 1. The van der Waals surface area contributed by atoms with Gasteiger partial charge in [0.05, 0.1) is 4.92 Å². The summed E-state index contributed by atoms with van der Waals surface area (Å²) in [7, 11) is 0. The minimum absolute atomic E-state index is 0.00315. The first-order valence-corrected chi connectivity index (χ1v) is 4.69. The highest BCUT2D eigenvalue weighted by Gasteiger charge is 2.17. The third kappa shape index (κ3) is 3.47. The maximum atomic E-state index is 12.6. The van der Waals surface area contributed by atoms with Gasteiger partial charge in [0, 0.05) is 24.1 Å². The van der Waals surface area contributed by atoms with E-state index >= 15 is 0 Å². The molecule has 0 saturated carbocycles. The van der Waals surface area contributed by atoms with Crippen molar-refractivity contribution in [3.63, 3.8) is 0 Å². The predicted molar refractivity (Wildman–Crippen MR) is 54.0 cm³/mol. The van der Waals surface area contributed by atoms with Crippen LogP contribution in [0.2, 0.25) is 0 Å². The Hall–Kier alpha value is -2.05. The van der Waals surface area contributed by atoms with E-state index in [4.69, 9.17) is 5.11 Å². The van der Waals surface area contributed by atoms with E-state index in [2.05, 4.69) is 0 Å². The van der Waals surface area contributed by atoms with Gasteiger partial charge >= 0.3 is 5.97 Å². The zero-order chi connectivity index (χ0) is 13.0. The molecule has 0 atom stereocenters. The van der Waals surface area contributed by atoms with Crippen molar-refractivity contribution in [2.24, 2.45) is 0 Å². The highest BCUT2D eigenvalue weighted by Crippen LogP contribution is 2.27. The lowest BCUT2D eigenvalue weighted by atomic mass is 10.0. The lowest BCUT2D eigenvalue weighted by Gasteiger charge is -2.07. The molecule has 92 valence electrons. The highest BCUT2D eigenvalue weighted by molar-refractivity contribution is 5.67. The predicted octanol–water partition coefficient (Wildman–Crippen LogP) is 2.55. The van der Waals surface area contributed by atoms with E-state index in [-0.39, 0.29) is 29.7 Å². The number of nitro benzene ring substituents is 1. The van der Waals surface area contributed by atoms with Crippen LogP contribution in [-0.4, -0.2) is 16.0 Å². The van der Waals surface area contributed by atoms with Crippen LogP contribution in [-0.2, 0) is 11.2 Å². The van der Waals surface area contributed by atoms with Crippen molar-refractivity contribution in [2.45, 2.75) is 19.3 Å². The molecule has 0 aliphatic heterocycles. The van der Waals surface area contributed by atoms with Crippen LogP contribution in [0.1, 0.15) is 24.0 Å². The van der Waals surface area contributed by atoms with E-state index in [1.807, 2.05) is 0 Å². The molecule has 0 spiro atoms. The van der Waals surface area contributed by atoms with Crippen LogP contribution in [0, 0.1) is 10.1 Å². The lowest BCUT2D eigenvalue weighted by molar-refractivity contribution is -0.384. The van der Waals surface area contributed by atoms with Crippen molar-refractivity contribution in [3.8, 4) is 0 Å². The van der Waals surface area contributed by atoms with E-state index in [9.17, 15) is 23.7 Å². The van der Waals surface area contributed by atoms with Crippen molar-refractivity contribution in [1.82, 2.24) is 0 Å². The van der Waals surface area contributed by atoms with E-state index in [1.165, 1.54) is 0 Å². The van der Waals surface area contributed by atoms with Crippen LogP contribution in [0.25, 0.3) is 0 Å². The van der Waals surface area contributed by atoms with Gasteiger partial charge in [-0.1, -0.05) is 0 Å². The summed E-state index contributed by atoms with van der Waals surface area (Å²) in [6.45, 7) is 0. The van der Waals surface area contributed by atoms with Gasteiger partial charge in [0.1, 0.15) is 0 Å². The summed E-state index contributed by atoms with van der Waals surface area (Å²) in [6.07, 6.45) is -3.28. The third-order valence-corrected chi connectivity index (χ3v) is 2.18. The van der Waals surface area contributed by atoms with Gasteiger partial charge < -0.3 is 5.11 Å². The average molecular weight is 245 g/mol. The number of halogens is 2. The van der Waals surface area contributed by atoms with E-state index < -0.39 is 17.3 Å². The molecular formula is C10H9F2NO4. The van der Waals surface area contributed by atoms with Gasteiger partial charge in [0.25, 0.3) is 12.1 Å².